The van der Waals surface area contributed by atoms with Crippen LogP contribution in [0, 0.1) is 5.82 Å². The van der Waals surface area contributed by atoms with Crippen LogP contribution in [0.15, 0.2) is 58.8 Å². The topological polar surface area (TPSA) is 65.5 Å². The molecule has 0 spiro atoms. The van der Waals surface area contributed by atoms with E-state index in [0.717, 1.165) is 29.5 Å². The Balaban J connectivity index is 1.48. The molecule has 29 heavy (non-hydrogen) atoms. The van der Waals surface area contributed by atoms with Crippen molar-refractivity contribution in [3.05, 3.63) is 59.7 Å². The van der Waals surface area contributed by atoms with Crippen molar-refractivity contribution >= 4 is 32.2 Å². The summed E-state index contributed by atoms with van der Waals surface area (Å²) in [6.45, 7) is 2.87. The molecule has 1 fully saturated rings. The number of sulfonamides is 1. The number of piperazine rings is 1. The summed E-state index contributed by atoms with van der Waals surface area (Å²) < 4.78 is 40.2. The van der Waals surface area contributed by atoms with E-state index in [1.54, 1.807) is 35.6 Å². The Morgan fingerprint density at radius 3 is 2.34 bits per heavy atom. The summed E-state index contributed by atoms with van der Waals surface area (Å²) >= 11 is 1.56. The number of halogens is 1. The van der Waals surface area contributed by atoms with Crippen LogP contribution in [0.25, 0.3) is 11.3 Å². The number of hydrogen-bond donors (Lipinski definition) is 1. The van der Waals surface area contributed by atoms with Crippen LogP contribution in [0.1, 0.15) is 0 Å². The Morgan fingerprint density at radius 2 is 1.66 bits per heavy atom. The zero-order valence-electron chi connectivity index (χ0n) is 15.9. The average molecular weight is 433 g/mol. The fraction of sp³-hybridized carbons (Fsp3) is 0.250. The van der Waals surface area contributed by atoms with E-state index < -0.39 is 10.0 Å². The van der Waals surface area contributed by atoms with Gasteiger partial charge in [-0.2, -0.15) is 0 Å². The highest BCUT2D eigenvalue weighted by Gasteiger charge is 2.24. The van der Waals surface area contributed by atoms with Crippen LogP contribution in [0.3, 0.4) is 0 Å². The Kier molecular flexibility index (Phi) is 5.53. The van der Waals surface area contributed by atoms with Crippen LogP contribution in [-0.4, -0.2) is 46.6 Å². The van der Waals surface area contributed by atoms with E-state index in [-0.39, 0.29) is 5.82 Å². The van der Waals surface area contributed by atoms with Gasteiger partial charge in [0.2, 0.25) is 10.0 Å². The molecular weight excluding hydrogens is 411 g/mol. The maximum absolute atomic E-state index is 13.1. The van der Waals surface area contributed by atoms with Gasteiger partial charge >= 0.3 is 0 Å². The van der Waals surface area contributed by atoms with Gasteiger partial charge < -0.3 is 9.80 Å². The lowest BCUT2D eigenvalue weighted by Gasteiger charge is -2.36. The van der Waals surface area contributed by atoms with E-state index in [4.69, 9.17) is 4.98 Å². The second kappa shape index (κ2) is 8.10. The highest BCUT2D eigenvalue weighted by Crippen LogP contribution is 2.30. The van der Waals surface area contributed by atoms with E-state index in [9.17, 15) is 12.8 Å². The third kappa shape index (κ3) is 4.12. The predicted octanol–water partition coefficient (Wildman–Crippen LogP) is 3.18. The largest absolute Gasteiger partial charge is 0.367 e. The molecule has 0 amide bonds. The van der Waals surface area contributed by atoms with Gasteiger partial charge in [-0.05, 0) is 43.4 Å². The highest BCUT2D eigenvalue weighted by atomic mass is 32.2. The number of rotatable bonds is 5. The lowest BCUT2D eigenvalue weighted by molar-refractivity contribution is 0.586. The summed E-state index contributed by atoms with van der Waals surface area (Å²) in [6, 6.07) is 13.4. The molecule has 1 saturated heterocycles. The van der Waals surface area contributed by atoms with E-state index in [2.05, 4.69) is 14.5 Å². The Morgan fingerprint density at radius 1 is 1.00 bits per heavy atom. The number of nitrogens with one attached hydrogen (secondary N) is 1. The molecule has 0 radical (unpaired) electrons. The van der Waals surface area contributed by atoms with E-state index in [1.165, 1.54) is 19.2 Å². The van der Waals surface area contributed by atoms with Crippen LogP contribution in [0.5, 0.6) is 0 Å². The first-order valence-electron chi connectivity index (χ1n) is 9.22. The van der Waals surface area contributed by atoms with Crippen molar-refractivity contribution in [2.45, 2.75) is 4.90 Å². The molecule has 6 nitrogen and oxygen atoms in total. The molecule has 1 N–H and O–H groups in total. The molecule has 9 heteroatoms. The average Bonchev–Trinajstić information content (AvgIpc) is 3.25. The van der Waals surface area contributed by atoms with Crippen molar-refractivity contribution in [2.75, 3.05) is 43.0 Å². The number of anilines is 2. The highest BCUT2D eigenvalue weighted by molar-refractivity contribution is 7.89. The normalized spacial score (nSPS) is 15.0. The second-order valence-corrected chi connectivity index (χ2v) is 9.36. The fourth-order valence-corrected chi connectivity index (χ4v) is 5.20. The molecular formula is C20H21FN4O2S2. The van der Waals surface area contributed by atoms with Crippen LogP contribution in [0.2, 0.25) is 0 Å². The number of hydrogen-bond acceptors (Lipinski definition) is 6. The van der Waals surface area contributed by atoms with Gasteiger partial charge in [0.15, 0.2) is 5.13 Å². The monoisotopic (exact) mass is 432 g/mol. The van der Waals surface area contributed by atoms with Crippen LogP contribution >= 0.6 is 11.3 Å². The van der Waals surface area contributed by atoms with E-state index in [1.807, 2.05) is 17.5 Å². The SMILES string of the molecule is CNS(=O)(=O)c1ccccc1N1CCN(c2nc(-c3ccc(F)cc3)cs2)CC1. The number of nitrogens with zero attached hydrogens (tertiary/aromatic N) is 3. The smallest absolute Gasteiger partial charge is 0.242 e. The van der Waals surface area contributed by atoms with Crippen molar-refractivity contribution in [1.82, 2.24) is 9.71 Å². The van der Waals surface area contributed by atoms with Gasteiger partial charge in [-0.15, -0.1) is 11.3 Å². The van der Waals surface area contributed by atoms with E-state index in [0.29, 0.717) is 23.7 Å². The van der Waals surface area contributed by atoms with Gasteiger partial charge in [-0.3, -0.25) is 0 Å². The Labute approximate surface area is 173 Å². The molecule has 2 heterocycles. The summed E-state index contributed by atoms with van der Waals surface area (Å²) in [5.74, 6) is -0.263. The van der Waals surface area contributed by atoms with E-state index >= 15 is 0 Å². The summed E-state index contributed by atoms with van der Waals surface area (Å²) in [5.41, 5.74) is 2.43. The van der Waals surface area contributed by atoms with Crippen molar-refractivity contribution in [3.63, 3.8) is 0 Å². The first-order valence-corrected chi connectivity index (χ1v) is 11.6. The van der Waals surface area contributed by atoms with Gasteiger partial charge in [-0.1, -0.05) is 12.1 Å². The summed E-state index contributed by atoms with van der Waals surface area (Å²) in [5, 5.41) is 2.89. The van der Waals surface area contributed by atoms with Gasteiger partial charge in [0.25, 0.3) is 0 Å². The van der Waals surface area contributed by atoms with Gasteiger partial charge in [-0.25, -0.2) is 22.5 Å². The summed E-state index contributed by atoms with van der Waals surface area (Å²) in [4.78, 5) is 9.28. The quantitative estimate of drug-likeness (QED) is 0.671. The zero-order valence-corrected chi connectivity index (χ0v) is 17.5. The molecule has 1 aliphatic heterocycles. The van der Waals surface area contributed by atoms with Crippen molar-refractivity contribution in [1.29, 1.82) is 0 Å². The first-order chi connectivity index (χ1) is 14.0. The summed E-state index contributed by atoms with van der Waals surface area (Å²) in [6.07, 6.45) is 0. The first kappa shape index (κ1) is 19.8. The molecule has 3 aromatic rings. The van der Waals surface area contributed by atoms with Gasteiger partial charge in [0.05, 0.1) is 11.4 Å². The molecule has 0 bridgehead atoms. The van der Waals surface area contributed by atoms with Gasteiger partial charge in [0.1, 0.15) is 10.7 Å². The predicted molar refractivity (Wildman–Crippen MR) is 115 cm³/mol. The number of benzene rings is 2. The number of thiazole rings is 1. The molecule has 0 aliphatic carbocycles. The molecule has 2 aromatic carbocycles. The minimum Gasteiger partial charge on any atom is -0.367 e. The number of para-hydroxylation sites is 1. The minimum absolute atomic E-state index is 0.263. The maximum atomic E-state index is 13.1. The van der Waals surface area contributed by atoms with Crippen molar-refractivity contribution in [2.24, 2.45) is 0 Å². The standard InChI is InChI=1S/C20H21FN4O2S2/c1-22-29(26,27)19-5-3-2-4-18(19)24-10-12-25(13-11-24)20-23-17(14-28-20)15-6-8-16(21)9-7-15/h2-9,14,22H,10-13H2,1H3. The third-order valence-electron chi connectivity index (χ3n) is 4.95. The second-order valence-electron chi connectivity index (χ2n) is 6.67. The lowest BCUT2D eigenvalue weighted by Crippen LogP contribution is -2.47. The van der Waals surface area contributed by atoms with Crippen molar-refractivity contribution in [3.8, 4) is 11.3 Å². The molecule has 1 aromatic heterocycles. The number of aromatic nitrogens is 1. The minimum atomic E-state index is -3.52. The maximum Gasteiger partial charge on any atom is 0.242 e. The Hall–Kier alpha value is -2.49. The Bertz CT molecular complexity index is 1090. The van der Waals surface area contributed by atoms with Gasteiger partial charge in [0, 0.05) is 37.1 Å². The van der Waals surface area contributed by atoms with Crippen LogP contribution in [-0.2, 0) is 10.0 Å². The van der Waals surface area contributed by atoms with Crippen LogP contribution in [0.4, 0.5) is 15.2 Å². The van der Waals surface area contributed by atoms with Crippen LogP contribution < -0.4 is 14.5 Å². The molecule has 1 aliphatic rings. The molecule has 0 saturated carbocycles. The summed E-state index contributed by atoms with van der Waals surface area (Å²) in [7, 11) is -2.09. The molecule has 152 valence electrons. The van der Waals surface area contributed by atoms with Crippen molar-refractivity contribution < 1.29 is 12.8 Å². The molecule has 0 unspecified atom stereocenters. The third-order valence-corrected chi connectivity index (χ3v) is 7.31. The molecule has 0 atom stereocenters. The zero-order chi connectivity index (χ0) is 20.4. The molecule has 4 rings (SSSR count). The fourth-order valence-electron chi connectivity index (χ4n) is 3.36. The lowest BCUT2D eigenvalue weighted by atomic mass is 10.2.